The Labute approximate surface area is 239 Å². The van der Waals surface area contributed by atoms with Gasteiger partial charge >= 0.3 is 0 Å². The van der Waals surface area contributed by atoms with Crippen LogP contribution in [-0.4, -0.2) is 43.4 Å². The van der Waals surface area contributed by atoms with Crippen molar-refractivity contribution in [1.82, 2.24) is 19.7 Å². The van der Waals surface area contributed by atoms with E-state index in [4.69, 9.17) is 4.74 Å². The molecule has 0 aliphatic heterocycles. The molecule has 1 unspecified atom stereocenters. The molecular weight excluding hydrogens is 546 g/mol. The molecule has 3 heterocycles. The van der Waals surface area contributed by atoms with E-state index in [1.807, 2.05) is 13.8 Å². The zero-order chi connectivity index (χ0) is 30.0. The SMILES string of the molecule is CC(CO)Nc1n[nH]c2nccc(Oc3ccc(NC(=O)c4cc(C(C)C)cn(-c5ccc(F)cc5)c4=O)cc3F)c12. The van der Waals surface area contributed by atoms with E-state index in [9.17, 15) is 19.1 Å². The van der Waals surface area contributed by atoms with Crippen LogP contribution in [0.15, 0.2) is 71.8 Å². The topological polar surface area (TPSA) is 134 Å². The molecule has 0 aliphatic rings. The number of halogens is 2. The third-order valence-corrected chi connectivity index (χ3v) is 6.54. The average Bonchev–Trinajstić information content (AvgIpc) is 3.38. The number of pyridine rings is 2. The first-order valence-electron chi connectivity index (χ1n) is 13.2. The number of anilines is 2. The van der Waals surface area contributed by atoms with Gasteiger partial charge in [0.1, 0.15) is 22.5 Å². The number of amides is 1. The number of nitrogens with zero attached hydrogens (tertiary/aromatic N) is 3. The van der Waals surface area contributed by atoms with E-state index >= 15 is 4.39 Å². The molecule has 0 radical (unpaired) electrons. The molecule has 12 heteroatoms. The summed E-state index contributed by atoms with van der Waals surface area (Å²) in [5.74, 6) is -1.43. The Hall–Kier alpha value is -5.10. The summed E-state index contributed by atoms with van der Waals surface area (Å²) < 4.78 is 35.8. The molecule has 0 spiro atoms. The largest absolute Gasteiger partial charge is 0.453 e. The first-order chi connectivity index (χ1) is 20.1. The van der Waals surface area contributed by atoms with Crippen molar-refractivity contribution in [1.29, 1.82) is 0 Å². The van der Waals surface area contributed by atoms with Gasteiger partial charge in [-0.25, -0.2) is 13.8 Å². The fourth-order valence-corrected chi connectivity index (χ4v) is 4.24. The third-order valence-electron chi connectivity index (χ3n) is 6.54. The van der Waals surface area contributed by atoms with E-state index in [0.29, 0.717) is 28.1 Å². The van der Waals surface area contributed by atoms with Crippen LogP contribution in [0, 0.1) is 11.6 Å². The van der Waals surface area contributed by atoms with Gasteiger partial charge in [0.2, 0.25) is 0 Å². The molecule has 0 saturated carbocycles. The Kier molecular flexibility index (Phi) is 7.98. The van der Waals surface area contributed by atoms with E-state index in [0.717, 1.165) is 6.07 Å². The summed E-state index contributed by atoms with van der Waals surface area (Å²) in [4.78, 5) is 30.7. The summed E-state index contributed by atoms with van der Waals surface area (Å²) in [5, 5.41) is 22.4. The van der Waals surface area contributed by atoms with Gasteiger partial charge in [0.25, 0.3) is 11.5 Å². The summed E-state index contributed by atoms with van der Waals surface area (Å²) in [6.07, 6.45) is 3.09. The number of H-pyrrole nitrogens is 1. The van der Waals surface area contributed by atoms with Gasteiger partial charge in [-0.1, -0.05) is 13.8 Å². The van der Waals surface area contributed by atoms with Crippen molar-refractivity contribution >= 4 is 28.4 Å². The molecule has 1 atom stereocenters. The number of benzene rings is 2. The van der Waals surface area contributed by atoms with Crippen molar-refractivity contribution in [3.63, 3.8) is 0 Å². The van der Waals surface area contributed by atoms with Gasteiger partial charge < -0.3 is 20.5 Å². The highest BCUT2D eigenvalue weighted by atomic mass is 19.1. The zero-order valence-corrected chi connectivity index (χ0v) is 23.0. The number of carbonyl (C=O) groups is 1. The first-order valence-corrected chi connectivity index (χ1v) is 13.2. The summed E-state index contributed by atoms with van der Waals surface area (Å²) in [7, 11) is 0. The molecular formula is C30H28F2N6O4. The van der Waals surface area contributed by atoms with Gasteiger partial charge in [0, 0.05) is 41.9 Å². The number of hydrogen-bond donors (Lipinski definition) is 4. The van der Waals surface area contributed by atoms with Gasteiger partial charge in [-0.05, 0) is 60.9 Å². The summed E-state index contributed by atoms with van der Waals surface area (Å²) in [6.45, 7) is 5.46. The Bertz CT molecular complexity index is 1820. The van der Waals surface area contributed by atoms with Crippen LogP contribution in [0.25, 0.3) is 16.7 Å². The summed E-state index contributed by atoms with van der Waals surface area (Å²) in [6, 6.07) is 12.0. The Morgan fingerprint density at radius 3 is 2.52 bits per heavy atom. The Morgan fingerprint density at radius 2 is 1.83 bits per heavy atom. The monoisotopic (exact) mass is 574 g/mol. The third kappa shape index (κ3) is 5.84. The highest BCUT2D eigenvalue weighted by molar-refractivity contribution is 6.04. The Morgan fingerprint density at radius 1 is 1.07 bits per heavy atom. The number of aliphatic hydroxyl groups excluding tert-OH is 1. The van der Waals surface area contributed by atoms with Gasteiger partial charge in [-0.3, -0.25) is 19.3 Å². The van der Waals surface area contributed by atoms with Crippen molar-refractivity contribution < 1.29 is 23.4 Å². The smallest absolute Gasteiger partial charge is 0.267 e. The second-order valence-corrected chi connectivity index (χ2v) is 10.0. The van der Waals surface area contributed by atoms with Crippen LogP contribution in [-0.2, 0) is 0 Å². The van der Waals surface area contributed by atoms with E-state index in [1.165, 1.54) is 53.2 Å². The fourth-order valence-electron chi connectivity index (χ4n) is 4.24. The first kappa shape index (κ1) is 28.4. The number of nitrogens with one attached hydrogen (secondary N) is 3. The molecule has 1 amide bonds. The number of hydrogen-bond acceptors (Lipinski definition) is 7. The second-order valence-electron chi connectivity index (χ2n) is 10.0. The van der Waals surface area contributed by atoms with E-state index < -0.39 is 23.1 Å². The molecule has 42 heavy (non-hydrogen) atoms. The molecule has 0 aliphatic carbocycles. The molecule has 5 aromatic rings. The lowest BCUT2D eigenvalue weighted by Gasteiger charge is -2.15. The van der Waals surface area contributed by atoms with Crippen LogP contribution in [0.4, 0.5) is 20.3 Å². The summed E-state index contributed by atoms with van der Waals surface area (Å²) >= 11 is 0. The maximum absolute atomic E-state index is 15.2. The fraction of sp³-hybridized carbons (Fsp3) is 0.200. The van der Waals surface area contributed by atoms with Crippen LogP contribution in [0.1, 0.15) is 42.6 Å². The van der Waals surface area contributed by atoms with Crippen molar-refractivity contribution in [2.75, 3.05) is 17.2 Å². The van der Waals surface area contributed by atoms with Crippen molar-refractivity contribution in [3.8, 4) is 17.2 Å². The standard InChI is InChI=1S/C30H28F2N6O4/c1-16(2)18-12-22(30(41)38(14-18)21-7-4-19(31)5-8-21)29(40)35-20-6-9-24(23(32)13-20)42-25-10-11-33-27-26(25)28(37-36-27)34-17(3)15-39/h4-14,16-17,39H,15H2,1-3H3,(H,35,40)(H2,33,34,36,37). The quantitative estimate of drug-likeness (QED) is 0.187. The lowest BCUT2D eigenvalue weighted by atomic mass is 10.0. The molecule has 0 saturated heterocycles. The molecule has 0 bridgehead atoms. The number of aromatic nitrogens is 4. The highest BCUT2D eigenvalue weighted by Gasteiger charge is 2.19. The second kappa shape index (κ2) is 11.8. The number of ether oxygens (including phenoxy) is 1. The normalized spacial score (nSPS) is 12.0. The minimum atomic E-state index is -0.765. The van der Waals surface area contributed by atoms with Gasteiger partial charge in [-0.15, -0.1) is 0 Å². The predicted molar refractivity (Wildman–Crippen MR) is 155 cm³/mol. The molecule has 216 valence electrons. The maximum Gasteiger partial charge on any atom is 0.267 e. The zero-order valence-electron chi connectivity index (χ0n) is 23.0. The van der Waals surface area contributed by atoms with Gasteiger partial charge in [-0.2, -0.15) is 5.10 Å². The molecule has 4 N–H and O–H groups in total. The van der Waals surface area contributed by atoms with E-state index in [-0.39, 0.29) is 41.3 Å². The average molecular weight is 575 g/mol. The van der Waals surface area contributed by atoms with Gasteiger partial charge in [0.05, 0.1) is 6.61 Å². The minimum absolute atomic E-state index is 0.0184. The predicted octanol–water partition coefficient (Wildman–Crippen LogP) is 5.35. The minimum Gasteiger partial charge on any atom is -0.453 e. The van der Waals surface area contributed by atoms with Crippen molar-refractivity contribution in [2.24, 2.45) is 0 Å². The molecule has 5 rings (SSSR count). The number of carbonyl (C=O) groups excluding carboxylic acids is 1. The number of rotatable bonds is 9. The lowest BCUT2D eigenvalue weighted by molar-refractivity contribution is 0.102. The van der Waals surface area contributed by atoms with E-state index in [2.05, 4.69) is 25.8 Å². The number of aliphatic hydroxyl groups is 1. The van der Waals surface area contributed by atoms with Crippen LogP contribution < -0.4 is 20.9 Å². The van der Waals surface area contributed by atoms with Crippen LogP contribution in [0.5, 0.6) is 11.5 Å². The van der Waals surface area contributed by atoms with Crippen LogP contribution in [0.2, 0.25) is 0 Å². The van der Waals surface area contributed by atoms with E-state index in [1.54, 1.807) is 19.2 Å². The maximum atomic E-state index is 15.2. The molecule has 10 nitrogen and oxygen atoms in total. The number of aromatic amines is 1. The molecule has 2 aromatic carbocycles. The van der Waals surface area contributed by atoms with Gasteiger partial charge in [0.15, 0.2) is 23.0 Å². The number of fused-ring (bicyclic) bond motifs is 1. The highest BCUT2D eigenvalue weighted by Crippen LogP contribution is 2.34. The lowest BCUT2D eigenvalue weighted by Crippen LogP contribution is -2.29. The Balaban J connectivity index is 1.41. The summed E-state index contributed by atoms with van der Waals surface area (Å²) in [5.41, 5.74) is 0.865. The van der Waals surface area contributed by atoms with Crippen LogP contribution in [0.3, 0.4) is 0 Å². The van der Waals surface area contributed by atoms with Crippen molar-refractivity contribution in [3.05, 3.63) is 100 Å². The molecule has 0 fully saturated rings. The van der Waals surface area contributed by atoms with Crippen LogP contribution >= 0.6 is 0 Å². The van der Waals surface area contributed by atoms with Crippen molar-refractivity contribution in [2.45, 2.75) is 32.7 Å². The molecule has 3 aromatic heterocycles.